The van der Waals surface area contributed by atoms with E-state index < -0.39 is 7.05 Å². The Bertz CT molecular complexity index is 1470. The minimum Gasteiger partial charge on any atom is -0.281 e. The third-order valence-electron chi connectivity index (χ3n) is 6.33. The van der Waals surface area contributed by atoms with Crippen LogP contribution in [0, 0.1) is 3.57 Å². The van der Waals surface area contributed by atoms with Gasteiger partial charge in [0.1, 0.15) is 0 Å². The monoisotopic (exact) mass is 643 g/mol. The minimum atomic E-state index is -2.46. The maximum Gasteiger partial charge on any atom is 0.221 e. The first-order valence-corrected chi connectivity index (χ1v) is 16.3. The summed E-state index contributed by atoms with van der Waals surface area (Å²) in [6.07, 6.45) is 0.851. The van der Waals surface area contributed by atoms with Crippen LogP contribution >= 0.6 is 41.4 Å². The Hall–Kier alpha value is -2.92. The molecule has 0 aliphatic heterocycles. The second kappa shape index (κ2) is 12.8. The molecule has 0 aromatic heterocycles. The minimum absolute atomic E-state index is 0.0579. The first-order valence-electron chi connectivity index (χ1n) is 12.5. The van der Waals surface area contributed by atoms with Gasteiger partial charge in [-0.2, -0.15) is 0 Å². The van der Waals surface area contributed by atoms with Gasteiger partial charge in [-0.1, -0.05) is 133 Å². The molecule has 188 valence electrons. The SMILES string of the molecule is O=C(SCCc1ccccc1I)c1ccccc1N=P(c1ccccc1)(c1ccccc1)c1ccccc1. The molecule has 0 radical (unpaired) electrons. The number of benzene rings is 5. The van der Waals surface area contributed by atoms with Gasteiger partial charge in [0.15, 0.2) is 0 Å². The fourth-order valence-electron chi connectivity index (χ4n) is 4.48. The average molecular weight is 644 g/mol. The smallest absolute Gasteiger partial charge is 0.221 e. The maximum atomic E-state index is 13.5. The van der Waals surface area contributed by atoms with Crippen LogP contribution in [-0.4, -0.2) is 10.9 Å². The van der Waals surface area contributed by atoms with E-state index in [1.54, 1.807) is 0 Å². The predicted octanol–water partition coefficient (Wildman–Crippen LogP) is 8.22. The van der Waals surface area contributed by atoms with E-state index >= 15 is 0 Å². The fraction of sp³-hybridized carbons (Fsp3) is 0.0606. The molecular weight excluding hydrogens is 616 g/mol. The Morgan fingerprint density at radius 3 is 1.66 bits per heavy atom. The van der Waals surface area contributed by atoms with Crippen LogP contribution in [-0.2, 0) is 6.42 Å². The molecule has 0 saturated carbocycles. The number of thioether (sulfide) groups is 1. The summed E-state index contributed by atoms with van der Waals surface area (Å²) in [6, 6.07) is 47.7. The molecule has 5 aromatic rings. The summed E-state index contributed by atoms with van der Waals surface area (Å²) in [7, 11) is -2.46. The molecule has 0 bridgehead atoms. The zero-order valence-electron chi connectivity index (χ0n) is 20.8. The highest BCUT2D eigenvalue weighted by Gasteiger charge is 2.28. The van der Waals surface area contributed by atoms with Crippen LogP contribution in [0.2, 0.25) is 0 Å². The van der Waals surface area contributed by atoms with Crippen molar-refractivity contribution in [2.75, 3.05) is 5.75 Å². The first-order chi connectivity index (χ1) is 18.7. The molecular formula is C33H27INOPS. The van der Waals surface area contributed by atoms with Gasteiger partial charge in [-0.05, 0) is 52.8 Å². The van der Waals surface area contributed by atoms with Crippen molar-refractivity contribution in [1.82, 2.24) is 0 Å². The Balaban J connectivity index is 1.61. The van der Waals surface area contributed by atoms with Gasteiger partial charge in [-0.3, -0.25) is 9.54 Å². The van der Waals surface area contributed by atoms with Crippen molar-refractivity contribution in [3.63, 3.8) is 0 Å². The topological polar surface area (TPSA) is 29.4 Å². The number of hydrogen-bond donors (Lipinski definition) is 0. The normalized spacial score (nSPS) is 11.2. The largest absolute Gasteiger partial charge is 0.281 e. The Kier molecular flexibility index (Phi) is 8.95. The second-order valence-corrected chi connectivity index (χ2v) is 14.0. The number of halogens is 1. The highest BCUT2D eigenvalue weighted by Crippen LogP contribution is 2.49. The molecule has 0 heterocycles. The number of rotatable bonds is 8. The summed E-state index contributed by atoms with van der Waals surface area (Å²) in [5, 5.41) is 3.53. The molecule has 0 amide bonds. The van der Waals surface area contributed by atoms with Gasteiger partial charge in [0.05, 0.1) is 18.3 Å². The fourth-order valence-corrected chi connectivity index (χ4v) is 9.52. The predicted molar refractivity (Wildman–Crippen MR) is 173 cm³/mol. The lowest BCUT2D eigenvalue weighted by Crippen LogP contribution is -2.25. The first kappa shape index (κ1) is 26.7. The van der Waals surface area contributed by atoms with Crippen molar-refractivity contribution in [3.05, 3.63) is 154 Å². The Labute approximate surface area is 242 Å². The zero-order chi connectivity index (χ0) is 26.2. The van der Waals surface area contributed by atoms with Crippen LogP contribution in [0.15, 0.2) is 144 Å². The third-order valence-corrected chi connectivity index (χ3v) is 11.9. The van der Waals surface area contributed by atoms with Crippen molar-refractivity contribution in [2.45, 2.75) is 6.42 Å². The lowest BCUT2D eigenvalue weighted by atomic mass is 10.2. The van der Waals surface area contributed by atoms with E-state index in [-0.39, 0.29) is 5.12 Å². The highest BCUT2D eigenvalue weighted by molar-refractivity contribution is 14.1. The highest BCUT2D eigenvalue weighted by atomic mass is 127. The Morgan fingerprint density at radius 1 is 0.632 bits per heavy atom. The number of hydrogen-bond acceptors (Lipinski definition) is 3. The third kappa shape index (κ3) is 5.88. The molecule has 5 heteroatoms. The lowest BCUT2D eigenvalue weighted by molar-refractivity contribution is 0.108. The quantitative estimate of drug-likeness (QED) is 0.126. The molecule has 0 fully saturated rings. The van der Waals surface area contributed by atoms with E-state index in [9.17, 15) is 4.79 Å². The van der Waals surface area contributed by atoms with Crippen LogP contribution in [0.3, 0.4) is 0 Å². The molecule has 0 N–H and O–H groups in total. The van der Waals surface area contributed by atoms with Crippen molar-refractivity contribution >= 4 is 68.1 Å². The number of nitrogens with zero attached hydrogens (tertiary/aromatic N) is 1. The Morgan fingerprint density at radius 2 is 1.11 bits per heavy atom. The molecule has 2 nitrogen and oxygen atoms in total. The van der Waals surface area contributed by atoms with Crippen LogP contribution < -0.4 is 15.9 Å². The van der Waals surface area contributed by atoms with Crippen LogP contribution in [0.5, 0.6) is 0 Å². The summed E-state index contributed by atoms with van der Waals surface area (Å²) in [4.78, 5) is 13.5. The van der Waals surface area contributed by atoms with Crippen LogP contribution in [0.25, 0.3) is 0 Å². The molecule has 38 heavy (non-hydrogen) atoms. The van der Waals surface area contributed by atoms with Gasteiger partial charge in [-0.15, -0.1) is 0 Å². The van der Waals surface area contributed by atoms with Gasteiger partial charge in [0, 0.05) is 25.2 Å². The van der Waals surface area contributed by atoms with E-state index in [2.05, 4.69) is 114 Å². The van der Waals surface area contributed by atoms with E-state index in [0.717, 1.165) is 33.8 Å². The van der Waals surface area contributed by atoms with Crippen molar-refractivity contribution in [3.8, 4) is 0 Å². The standard InChI is InChI=1S/C33H27INOPS/c34-31-22-12-10-14-26(31)24-25-38-33(36)30-21-11-13-23-32(30)35-37(27-15-4-1-5-16-27,28-17-6-2-7-18-28)29-19-8-3-9-20-29/h1-23H,24-25H2. The summed E-state index contributed by atoms with van der Waals surface area (Å²) >= 11 is 3.73. The molecule has 0 aliphatic rings. The molecule has 0 aliphatic carbocycles. The van der Waals surface area contributed by atoms with E-state index in [1.807, 2.05) is 48.5 Å². The van der Waals surface area contributed by atoms with E-state index in [1.165, 1.54) is 20.9 Å². The molecule has 5 aromatic carbocycles. The van der Waals surface area contributed by atoms with Gasteiger partial charge in [0.2, 0.25) is 5.12 Å². The van der Waals surface area contributed by atoms with Gasteiger partial charge < -0.3 is 0 Å². The number of aryl methyl sites for hydroxylation is 1. The lowest BCUT2D eigenvalue weighted by Gasteiger charge is -2.27. The van der Waals surface area contributed by atoms with Gasteiger partial charge in [-0.25, -0.2) is 0 Å². The molecule has 0 spiro atoms. The molecule has 5 rings (SSSR count). The summed E-state index contributed by atoms with van der Waals surface area (Å²) in [5.74, 6) is 0.726. The summed E-state index contributed by atoms with van der Waals surface area (Å²) < 4.78 is 6.81. The van der Waals surface area contributed by atoms with Crippen LogP contribution in [0.4, 0.5) is 5.69 Å². The number of carbonyl (C=O) groups is 1. The van der Waals surface area contributed by atoms with Gasteiger partial charge in [0.25, 0.3) is 0 Å². The van der Waals surface area contributed by atoms with E-state index in [4.69, 9.17) is 4.74 Å². The molecule has 0 unspecified atom stereocenters. The maximum absolute atomic E-state index is 13.5. The average Bonchev–Trinajstić information content (AvgIpc) is 2.98. The van der Waals surface area contributed by atoms with Crippen LogP contribution in [0.1, 0.15) is 15.9 Å². The van der Waals surface area contributed by atoms with Crippen molar-refractivity contribution < 1.29 is 4.79 Å². The summed E-state index contributed by atoms with van der Waals surface area (Å²) in [6.45, 7) is 0. The van der Waals surface area contributed by atoms with Crippen molar-refractivity contribution in [1.29, 1.82) is 0 Å². The molecule has 0 saturated heterocycles. The second-order valence-electron chi connectivity index (χ2n) is 8.74. The zero-order valence-corrected chi connectivity index (χ0v) is 24.7. The number of carbonyl (C=O) groups excluding carboxylic acids is 1. The van der Waals surface area contributed by atoms with E-state index in [0.29, 0.717) is 5.56 Å². The van der Waals surface area contributed by atoms with Gasteiger partial charge >= 0.3 is 0 Å². The molecule has 0 atom stereocenters. The van der Waals surface area contributed by atoms with Crippen molar-refractivity contribution in [2.24, 2.45) is 4.74 Å². The summed E-state index contributed by atoms with van der Waals surface area (Å²) in [5.41, 5.74) is 2.67.